The summed E-state index contributed by atoms with van der Waals surface area (Å²) in [5.41, 5.74) is 0.873. The summed E-state index contributed by atoms with van der Waals surface area (Å²) in [6.07, 6.45) is 9.30. The molecule has 0 heterocycles. The molecule has 3 fully saturated rings. The molecule has 4 aliphatic carbocycles. The van der Waals surface area contributed by atoms with Gasteiger partial charge in [-0.1, -0.05) is 54.0 Å². The van der Waals surface area contributed by atoms with Crippen LogP contribution >= 0.6 is 0 Å². The highest BCUT2D eigenvalue weighted by Gasteiger charge is 2.61. The predicted octanol–water partition coefficient (Wildman–Crippen LogP) is 7.74. The maximum absolute atomic E-state index is 15.6. The molecule has 0 aromatic heterocycles. The third-order valence-corrected chi connectivity index (χ3v) is 15.8. The van der Waals surface area contributed by atoms with E-state index >= 15 is 4.39 Å². The molecule has 8 atom stereocenters. The largest absolute Gasteiger partial charge is 0.412 e. The molecule has 0 aliphatic heterocycles. The Hall–Kier alpha value is -0.483. The second-order valence-electron chi connectivity index (χ2n) is 13.6. The smallest absolute Gasteiger partial charge is 0.195 e. The number of Topliss-reactive ketones (excluding diaryl/α,β-unsaturated/α-hetero) is 1. The van der Waals surface area contributed by atoms with Crippen LogP contribution in [0.1, 0.15) is 86.5 Å². The fourth-order valence-electron chi connectivity index (χ4n) is 8.27. The number of carbonyl (C=O) groups is 1. The van der Waals surface area contributed by atoms with Gasteiger partial charge in [0.1, 0.15) is 0 Å². The van der Waals surface area contributed by atoms with E-state index in [-0.39, 0.29) is 28.8 Å². The van der Waals surface area contributed by atoms with Gasteiger partial charge in [-0.25, -0.2) is 4.39 Å². The highest BCUT2D eigenvalue weighted by Crippen LogP contribution is 2.67. The average molecular weight is 463 g/mol. The van der Waals surface area contributed by atoms with Crippen LogP contribution in [0.4, 0.5) is 4.39 Å². The van der Waals surface area contributed by atoms with Gasteiger partial charge in [-0.3, -0.25) is 4.79 Å². The highest BCUT2D eigenvalue weighted by molar-refractivity contribution is 6.74. The molecule has 32 heavy (non-hydrogen) atoms. The van der Waals surface area contributed by atoms with Gasteiger partial charge in [-0.15, -0.1) is 0 Å². The van der Waals surface area contributed by atoms with E-state index in [1.54, 1.807) is 0 Å². The van der Waals surface area contributed by atoms with Crippen LogP contribution in [0.15, 0.2) is 11.6 Å². The Morgan fingerprint density at radius 3 is 2.34 bits per heavy atom. The van der Waals surface area contributed by atoms with Crippen LogP contribution in [-0.2, 0) is 9.22 Å². The SMILES string of the molecule is CC[C@H]1CC[C@H]2[C@@H]3CC[C@H]4C(F)C(=O)C(CO[Si](C)(C)C(C)(C)C)=C[C@]4(C)[C@H]3CC[C@]12C. The maximum Gasteiger partial charge on any atom is 0.195 e. The molecular weight excluding hydrogens is 415 g/mol. The van der Waals surface area contributed by atoms with Crippen molar-refractivity contribution in [2.75, 3.05) is 6.61 Å². The van der Waals surface area contributed by atoms with Gasteiger partial charge < -0.3 is 4.43 Å². The van der Waals surface area contributed by atoms with Crippen LogP contribution in [0.25, 0.3) is 0 Å². The standard InChI is InChI=1S/C28H47FO2Si/c1-9-19-10-12-21-20-11-13-23-24(29)25(30)18(17-31-32(7,8)26(2,3)4)16-28(23,6)22(20)14-15-27(19,21)5/h16,19-24H,9-15,17H2,1-8H3/t19-,20-,21-,22-,23-,24?,27+,28+/m0/s1. The van der Waals surface area contributed by atoms with Gasteiger partial charge in [0.25, 0.3) is 0 Å². The molecule has 4 heteroatoms. The van der Waals surface area contributed by atoms with Crippen molar-refractivity contribution >= 4 is 14.1 Å². The molecule has 0 radical (unpaired) electrons. The Bertz CT molecular complexity index is 783. The lowest BCUT2D eigenvalue weighted by Gasteiger charge is -2.59. The van der Waals surface area contributed by atoms with Crippen LogP contribution < -0.4 is 0 Å². The fourth-order valence-corrected chi connectivity index (χ4v) is 9.22. The molecular formula is C28H47FO2Si. The number of ketones is 1. The summed E-state index contributed by atoms with van der Waals surface area (Å²) in [5.74, 6) is 2.37. The van der Waals surface area contributed by atoms with Crippen molar-refractivity contribution in [2.24, 2.45) is 40.4 Å². The summed E-state index contributed by atoms with van der Waals surface area (Å²) in [4.78, 5) is 13.1. The normalized spacial score (nSPS) is 44.5. The predicted molar refractivity (Wildman–Crippen MR) is 133 cm³/mol. The number of allylic oxidation sites excluding steroid dienone is 1. The molecule has 0 aromatic carbocycles. The first kappa shape index (κ1) is 24.6. The van der Waals surface area contributed by atoms with Crippen molar-refractivity contribution in [2.45, 2.75) is 111 Å². The van der Waals surface area contributed by atoms with Crippen molar-refractivity contribution in [3.63, 3.8) is 0 Å². The molecule has 0 aromatic rings. The minimum atomic E-state index is -2.00. The Morgan fingerprint density at radius 1 is 1.06 bits per heavy atom. The number of carbonyl (C=O) groups excluding carboxylic acids is 1. The Morgan fingerprint density at radius 2 is 1.72 bits per heavy atom. The number of hydrogen-bond acceptors (Lipinski definition) is 2. The monoisotopic (exact) mass is 462 g/mol. The minimum Gasteiger partial charge on any atom is -0.412 e. The van der Waals surface area contributed by atoms with Gasteiger partial charge in [0.2, 0.25) is 0 Å². The van der Waals surface area contributed by atoms with Crippen LogP contribution in [0.3, 0.4) is 0 Å². The first-order chi connectivity index (χ1) is 14.8. The summed E-state index contributed by atoms with van der Waals surface area (Å²) in [6.45, 7) is 18.5. The summed E-state index contributed by atoms with van der Waals surface area (Å²) < 4.78 is 22.1. The van der Waals surface area contributed by atoms with Gasteiger partial charge in [-0.05, 0) is 91.2 Å². The molecule has 2 nitrogen and oxygen atoms in total. The zero-order chi connectivity index (χ0) is 23.7. The number of fused-ring (bicyclic) bond motifs is 5. The lowest BCUT2D eigenvalue weighted by atomic mass is 9.45. The van der Waals surface area contributed by atoms with Gasteiger partial charge in [0.05, 0.1) is 6.61 Å². The first-order valence-electron chi connectivity index (χ1n) is 13.3. The van der Waals surface area contributed by atoms with E-state index in [1.807, 2.05) is 0 Å². The summed E-state index contributed by atoms with van der Waals surface area (Å²) in [5, 5.41) is 0.0783. The summed E-state index contributed by atoms with van der Waals surface area (Å²) in [6, 6.07) is 0. The zero-order valence-electron chi connectivity index (χ0n) is 21.9. The zero-order valence-corrected chi connectivity index (χ0v) is 22.9. The van der Waals surface area contributed by atoms with Crippen molar-refractivity contribution in [1.82, 2.24) is 0 Å². The van der Waals surface area contributed by atoms with E-state index in [1.165, 1.54) is 32.1 Å². The van der Waals surface area contributed by atoms with Crippen LogP contribution in [-0.4, -0.2) is 26.9 Å². The van der Waals surface area contributed by atoms with Crippen molar-refractivity contribution in [1.29, 1.82) is 0 Å². The van der Waals surface area contributed by atoms with E-state index in [2.05, 4.69) is 60.7 Å². The fraction of sp³-hybridized carbons (Fsp3) is 0.893. The molecule has 1 unspecified atom stereocenters. The first-order valence-corrected chi connectivity index (χ1v) is 16.2. The van der Waals surface area contributed by atoms with Crippen molar-refractivity contribution in [3.05, 3.63) is 11.6 Å². The van der Waals surface area contributed by atoms with Gasteiger partial charge in [0, 0.05) is 11.5 Å². The van der Waals surface area contributed by atoms with Crippen LogP contribution in [0, 0.1) is 40.4 Å². The third-order valence-electron chi connectivity index (χ3n) is 11.3. The quantitative estimate of drug-likeness (QED) is 0.399. The second-order valence-corrected chi connectivity index (χ2v) is 18.4. The highest BCUT2D eigenvalue weighted by atomic mass is 28.4. The molecule has 0 spiro atoms. The Kier molecular flexibility index (Phi) is 6.19. The number of halogens is 1. The third kappa shape index (κ3) is 3.61. The van der Waals surface area contributed by atoms with Gasteiger partial charge in [0.15, 0.2) is 20.3 Å². The topological polar surface area (TPSA) is 26.3 Å². The van der Waals surface area contributed by atoms with Crippen molar-refractivity contribution in [3.8, 4) is 0 Å². The van der Waals surface area contributed by atoms with Crippen LogP contribution in [0.5, 0.6) is 0 Å². The van der Waals surface area contributed by atoms with E-state index in [9.17, 15) is 4.79 Å². The molecule has 0 bridgehead atoms. The molecule has 0 amide bonds. The Labute approximate surface area is 197 Å². The van der Waals surface area contributed by atoms with E-state index in [0.29, 0.717) is 22.8 Å². The molecule has 3 saturated carbocycles. The lowest BCUT2D eigenvalue weighted by Crippen LogP contribution is -2.56. The van der Waals surface area contributed by atoms with Crippen LogP contribution in [0.2, 0.25) is 18.1 Å². The van der Waals surface area contributed by atoms with Gasteiger partial charge in [-0.2, -0.15) is 0 Å². The number of rotatable bonds is 4. The number of hydrogen-bond donors (Lipinski definition) is 0. The summed E-state index contributed by atoms with van der Waals surface area (Å²) in [7, 11) is -2.00. The molecule has 182 valence electrons. The van der Waals surface area contributed by atoms with E-state index < -0.39 is 14.5 Å². The molecule has 4 rings (SSSR count). The molecule has 0 saturated heterocycles. The molecule has 4 aliphatic rings. The lowest BCUT2D eigenvalue weighted by molar-refractivity contribution is -0.135. The molecule has 0 N–H and O–H groups in total. The number of alkyl halides is 1. The van der Waals surface area contributed by atoms with E-state index in [0.717, 1.165) is 24.7 Å². The van der Waals surface area contributed by atoms with E-state index in [4.69, 9.17) is 4.43 Å². The Balaban J connectivity index is 1.62. The van der Waals surface area contributed by atoms with Crippen molar-refractivity contribution < 1.29 is 13.6 Å². The summed E-state index contributed by atoms with van der Waals surface area (Å²) >= 11 is 0. The van der Waals surface area contributed by atoms with Gasteiger partial charge >= 0.3 is 0 Å². The average Bonchev–Trinajstić information content (AvgIpc) is 3.05. The minimum absolute atomic E-state index is 0.0783. The second kappa shape index (κ2) is 8.04. The maximum atomic E-state index is 15.6.